The number of rotatable bonds is 7. The minimum atomic E-state index is -0.807. The zero-order valence-corrected chi connectivity index (χ0v) is 12.4. The van der Waals surface area contributed by atoms with Crippen LogP contribution in [0, 0.1) is 0 Å². The third kappa shape index (κ3) is 4.10. The number of nitrogens with one attached hydrogen (secondary N) is 1. The van der Waals surface area contributed by atoms with E-state index in [0.29, 0.717) is 5.75 Å². The van der Waals surface area contributed by atoms with Gasteiger partial charge in [-0.1, -0.05) is 26.0 Å². The lowest BCUT2D eigenvalue weighted by atomic mass is 10.1. The molecule has 1 rings (SSSR count). The molecule has 0 spiro atoms. The summed E-state index contributed by atoms with van der Waals surface area (Å²) in [5, 5.41) is 3.47. The smallest absolute Gasteiger partial charge is 0.119 e. The van der Waals surface area contributed by atoms with Crippen LogP contribution in [-0.2, 0) is 10.8 Å². The Hall–Kier alpha value is -0.870. The summed E-state index contributed by atoms with van der Waals surface area (Å²) in [6.45, 7) is 4.11. The molecule has 102 valence electrons. The molecule has 0 aliphatic heterocycles. The maximum absolute atomic E-state index is 12.1. The van der Waals surface area contributed by atoms with Crippen molar-refractivity contribution in [2.24, 2.45) is 0 Å². The summed E-state index contributed by atoms with van der Waals surface area (Å²) < 4.78 is 17.3. The Kier molecular flexibility index (Phi) is 6.36. The van der Waals surface area contributed by atoms with Crippen LogP contribution in [0.3, 0.4) is 0 Å². The van der Waals surface area contributed by atoms with Crippen molar-refractivity contribution < 1.29 is 8.95 Å². The average molecular weight is 269 g/mol. The van der Waals surface area contributed by atoms with Gasteiger partial charge in [0.1, 0.15) is 5.75 Å². The summed E-state index contributed by atoms with van der Waals surface area (Å²) in [6.07, 6.45) is 0.946. The molecule has 0 radical (unpaired) electrons. The molecular weight excluding hydrogens is 246 g/mol. The van der Waals surface area contributed by atoms with E-state index in [1.165, 1.54) is 0 Å². The van der Waals surface area contributed by atoms with Gasteiger partial charge in [0.2, 0.25) is 0 Å². The van der Waals surface area contributed by atoms with Crippen LogP contribution in [0.25, 0.3) is 0 Å². The van der Waals surface area contributed by atoms with Crippen LogP contribution in [0.2, 0.25) is 0 Å². The summed E-state index contributed by atoms with van der Waals surface area (Å²) in [6, 6.07) is 8.02. The molecule has 1 N–H and O–H groups in total. The molecule has 18 heavy (non-hydrogen) atoms. The van der Waals surface area contributed by atoms with E-state index in [1.54, 1.807) is 7.11 Å². The molecule has 0 amide bonds. The lowest BCUT2D eigenvalue weighted by molar-refractivity contribution is 0.413. The van der Waals surface area contributed by atoms with E-state index in [-0.39, 0.29) is 11.3 Å². The van der Waals surface area contributed by atoms with Gasteiger partial charge in [0, 0.05) is 27.8 Å². The van der Waals surface area contributed by atoms with Gasteiger partial charge in [0.15, 0.2) is 0 Å². The Bertz CT molecular complexity index is 395. The summed E-state index contributed by atoms with van der Waals surface area (Å²) in [7, 11) is 2.75. The van der Waals surface area contributed by atoms with Gasteiger partial charge in [-0.15, -0.1) is 0 Å². The van der Waals surface area contributed by atoms with Crippen LogP contribution >= 0.6 is 0 Å². The molecule has 0 saturated carbocycles. The van der Waals surface area contributed by atoms with Gasteiger partial charge in [0.05, 0.1) is 7.11 Å². The van der Waals surface area contributed by atoms with Gasteiger partial charge >= 0.3 is 0 Å². The fourth-order valence-corrected chi connectivity index (χ4v) is 3.11. The van der Waals surface area contributed by atoms with Gasteiger partial charge in [-0.3, -0.25) is 4.21 Å². The Morgan fingerprint density at radius 2 is 2.17 bits per heavy atom. The molecule has 3 nitrogen and oxygen atoms in total. The largest absolute Gasteiger partial charge is 0.497 e. The minimum absolute atomic E-state index is 0.106. The first-order valence-electron chi connectivity index (χ1n) is 6.30. The van der Waals surface area contributed by atoms with E-state index >= 15 is 0 Å². The van der Waals surface area contributed by atoms with Gasteiger partial charge in [0.25, 0.3) is 0 Å². The molecule has 0 bridgehead atoms. The highest BCUT2D eigenvalue weighted by atomic mass is 32.2. The first-order valence-corrected chi connectivity index (χ1v) is 7.69. The second kappa shape index (κ2) is 7.54. The third-order valence-corrected chi connectivity index (χ3v) is 5.09. The quantitative estimate of drug-likeness (QED) is 0.826. The van der Waals surface area contributed by atoms with Crippen LogP contribution in [0.1, 0.15) is 31.9 Å². The highest BCUT2D eigenvalue weighted by Crippen LogP contribution is 2.20. The van der Waals surface area contributed by atoms with Crippen LogP contribution in [0.4, 0.5) is 0 Å². The van der Waals surface area contributed by atoms with E-state index in [9.17, 15) is 4.21 Å². The molecule has 0 heterocycles. The molecule has 1 aromatic carbocycles. The minimum Gasteiger partial charge on any atom is -0.497 e. The maximum atomic E-state index is 12.1. The second-order valence-electron chi connectivity index (χ2n) is 4.38. The van der Waals surface area contributed by atoms with Gasteiger partial charge in [-0.2, -0.15) is 0 Å². The molecule has 0 fully saturated rings. The van der Waals surface area contributed by atoms with Crippen LogP contribution in [0.15, 0.2) is 24.3 Å². The highest BCUT2D eigenvalue weighted by molar-refractivity contribution is 7.85. The van der Waals surface area contributed by atoms with Crippen LogP contribution < -0.4 is 10.1 Å². The van der Waals surface area contributed by atoms with Crippen molar-refractivity contribution in [2.45, 2.75) is 31.6 Å². The summed E-state index contributed by atoms with van der Waals surface area (Å²) in [5.74, 6) is 1.47. The molecular formula is C14H23NO2S. The van der Waals surface area contributed by atoms with Crippen molar-refractivity contribution in [2.75, 3.05) is 19.9 Å². The van der Waals surface area contributed by atoms with E-state index in [2.05, 4.69) is 12.2 Å². The predicted molar refractivity (Wildman–Crippen MR) is 77.6 cm³/mol. The average Bonchev–Trinajstić information content (AvgIpc) is 2.43. The topological polar surface area (TPSA) is 38.3 Å². The Morgan fingerprint density at radius 1 is 1.44 bits per heavy atom. The van der Waals surface area contributed by atoms with E-state index in [4.69, 9.17) is 4.74 Å². The van der Waals surface area contributed by atoms with Gasteiger partial charge in [-0.05, 0) is 31.2 Å². The summed E-state index contributed by atoms with van der Waals surface area (Å²) in [5.41, 5.74) is 1.12. The molecule has 1 aromatic rings. The van der Waals surface area contributed by atoms with Crippen molar-refractivity contribution in [3.63, 3.8) is 0 Å². The third-order valence-electron chi connectivity index (χ3n) is 3.20. The lowest BCUT2D eigenvalue weighted by Gasteiger charge is -2.19. The number of hydrogen-bond donors (Lipinski definition) is 1. The van der Waals surface area contributed by atoms with Crippen LogP contribution in [0.5, 0.6) is 5.75 Å². The van der Waals surface area contributed by atoms with Gasteiger partial charge in [-0.25, -0.2) is 0 Å². The standard InChI is InChI=1S/C14H23NO2S/c1-5-11(2)18(16)10-14(15-3)12-7-6-8-13(9-12)17-4/h6-9,11,14-15H,5,10H2,1-4H3. The van der Waals surface area contributed by atoms with Crippen molar-refractivity contribution >= 4 is 10.8 Å². The number of methoxy groups -OCH3 is 1. The molecule has 0 aliphatic rings. The first kappa shape index (κ1) is 15.2. The van der Waals surface area contributed by atoms with E-state index in [1.807, 2.05) is 38.2 Å². The summed E-state index contributed by atoms with van der Waals surface area (Å²) >= 11 is 0. The Morgan fingerprint density at radius 3 is 2.72 bits per heavy atom. The monoisotopic (exact) mass is 269 g/mol. The number of ether oxygens (including phenoxy) is 1. The molecule has 0 aromatic heterocycles. The SMILES string of the molecule is CCC(C)S(=O)CC(NC)c1cccc(OC)c1. The first-order chi connectivity index (χ1) is 8.62. The molecule has 0 aliphatic carbocycles. The Balaban J connectivity index is 2.79. The number of benzene rings is 1. The second-order valence-corrected chi connectivity index (χ2v) is 6.28. The maximum Gasteiger partial charge on any atom is 0.119 e. The van der Waals surface area contributed by atoms with Crippen molar-refractivity contribution in [3.8, 4) is 5.75 Å². The summed E-state index contributed by atoms with van der Waals surface area (Å²) in [4.78, 5) is 0. The van der Waals surface area contributed by atoms with E-state index < -0.39 is 10.8 Å². The molecule has 3 atom stereocenters. The fraction of sp³-hybridized carbons (Fsp3) is 0.571. The van der Waals surface area contributed by atoms with Crippen molar-refractivity contribution in [3.05, 3.63) is 29.8 Å². The predicted octanol–water partition coefficient (Wildman–Crippen LogP) is 2.50. The molecule has 0 saturated heterocycles. The van der Waals surface area contributed by atoms with Crippen molar-refractivity contribution in [1.82, 2.24) is 5.32 Å². The van der Waals surface area contributed by atoms with Crippen molar-refractivity contribution in [1.29, 1.82) is 0 Å². The fourth-order valence-electron chi connectivity index (χ4n) is 1.72. The van der Waals surface area contributed by atoms with Gasteiger partial charge < -0.3 is 10.1 Å². The zero-order valence-electron chi connectivity index (χ0n) is 11.6. The molecule has 3 unspecified atom stereocenters. The molecule has 4 heteroatoms. The highest BCUT2D eigenvalue weighted by Gasteiger charge is 2.17. The number of hydrogen-bond acceptors (Lipinski definition) is 3. The zero-order chi connectivity index (χ0) is 13.5. The lowest BCUT2D eigenvalue weighted by Crippen LogP contribution is -2.26. The normalized spacial score (nSPS) is 16.0. The van der Waals surface area contributed by atoms with E-state index in [0.717, 1.165) is 17.7 Å². The Labute approximate surface area is 112 Å². The van der Waals surface area contributed by atoms with Crippen LogP contribution in [-0.4, -0.2) is 29.4 Å².